The van der Waals surface area contributed by atoms with Crippen LogP contribution in [0, 0.1) is 6.92 Å². The molecule has 2 rings (SSSR count). The number of aryl methyl sites for hydroxylation is 1. The van der Waals surface area contributed by atoms with Gasteiger partial charge in [-0.2, -0.15) is 0 Å². The van der Waals surface area contributed by atoms with E-state index in [0.29, 0.717) is 6.54 Å². The maximum absolute atomic E-state index is 9.93. The SMILES string of the molecule is COc1ccc(NCC(O)COc2ccccc2)cc1C. The van der Waals surface area contributed by atoms with Crippen LogP contribution in [0.4, 0.5) is 5.69 Å². The highest BCUT2D eigenvalue weighted by atomic mass is 16.5. The molecule has 0 bridgehead atoms. The lowest BCUT2D eigenvalue weighted by Gasteiger charge is -2.15. The van der Waals surface area contributed by atoms with Crippen LogP contribution in [0.2, 0.25) is 0 Å². The molecule has 0 spiro atoms. The number of ether oxygens (including phenoxy) is 2. The summed E-state index contributed by atoms with van der Waals surface area (Å²) in [6, 6.07) is 15.3. The van der Waals surface area contributed by atoms with Crippen molar-refractivity contribution < 1.29 is 14.6 Å². The molecule has 21 heavy (non-hydrogen) atoms. The van der Waals surface area contributed by atoms with Crippen molar-refractivity contribution in [2.75, 3.05) is 25.6 Å². The second kappa shape index (κ2) is 7.55. The maximum atomic E-state index is 9.93. The van der Waals surface area contributed by atoms with E-state index in [1.54, 1.807) is 7.11 Å². The Bertz CT molecular complexity index is 557. The van der Waals surface area contributed by atoms with E-state index >= 15 is 0 Å². The first kappa shape index (κ1) is 15.2. The molecule has 112 valence electrons. The molecule has 4 heteroatoms. The van der Waals surface area contributed by atoms with Gasteiger partial charge < -0.3 is 19.9 Å². The monoisotopic (exact) mass is 287 g/mol. The molecular weight excluding hydrogens is 266 g/mol. The Balaban J connectivity index is 1.78. The zero-order chi connectivity index (χ0) is 15.1. The third-order valence-electron chi connectivity index (χ3n) is 3.12. The number of anilines is 1. The molecule has 0 amide bonds. The van der Waals surface area contributed by atoms with Crippen molar-refractivity contribution in [3.05, 3.63) is 54.1 Å². The number of nitrogens with one attached hydrogen (secondary N) is 1. The van der Waals surface area contributed by atoms with Crippen LogP contribution in [-0.4, -0.2) is 31.5 Å². The number of benzene rings is 2. The van der Waals surface area contributed by atoms with Crippen LogP contribution >= 0.6 is 0 Å². The van der Waals surface area contributed by atoms with Crippen molar-refractivity contribution >= 4 is 5.69 Å². The minimum atomic E-state index is -0.576. The molecule has 0 heterocycles. The normalized spacial score (nSPS) is 11.8. The summed E-state index contributed by atoms with van der Waals surface area (Å²) in [6.07, 6.45) is -0.576. The van der Waals surface area contributed by atoms with Gasteiger partial charge in [-0.05, 0) is 42.8 Å². The first-order chi connectivity index (χ1) is 10.2. The number of hydrogen-bond acceptors (Lipinski definition) is 4. The fourth-order valence-electron chi connectivity index (χ4n) is 1.99. The molecule has 1 atom stereocenters. The van der Waals surface area contributed by atoms with E-state index in [2.05, 4.69) is 5.32 Å². The quantitative estimate of drug-likeness (QED) is 0.822. The van der Waals surface area contributed by atoms with E-state index in [4.69, 9.17) is 9.47 Å². The molecule has 0 radical (unpaired) electrons. The first-order valence-corrected chi connectivity index (χ1v) is 6.93. The molecule has 0 aliphatic carbocycles. The average Bonchev–Trinajstić information content (AvgIpc) is 2.52. The zero-order valence-corrected chi connectivity index (χ0v) is 12.4. The molecule has 0 saturated carbocycles. The fourth-order valence-corrected chi connectivity index (χ4v) is 1.99. The molecular formula is C17H21NO3. The topological polar surface area (TPSA) is 50.7 Å². The summed E-state index contributed by atoms with van der Waals surface area (Å²) in [4.78, 5) is 0. The van der Waals surface area contributed by atoms with Crippen LogP contribution < -0.4 is 14.8 Å². The fraction of sp³-hybridized carbons (Fsp3) is 0.294. The Labute approximate surface area is 125 Å². The molecule has 4 nitrogen and oxygen atoms in total. The Kier molecular flexibility index (Phi) is 5.46. The molecule has 2 aromatic carbocycles. The van der Waals surface area contributed by atoms with Crippen molar-refractivity contribution in [3.63, 3.8) is 0 Å². The van der Waals surface area contributed by atoms with Crippen LogP contribution in [0.1, 0.15) is 5.56 Å². The predicted molar refractivity (Wildman–Crippen MR) is 84.2 cm³/mol. The van der Waals surface area contributed by atoms with Crippen LogP contribution in [-0.2, 0) is 0 Å². The molecule has 0 aromatic heterocycles. The maximum Gasteiger partial charge on any atom is 0.121 e. The van der Waals surface area contributed by atoms with E-state index in [1.807, 2.05) is 55.5 Å². The van der Waals surface area contributed by atoms with Crippen LogP contribution in [0.25, 0.3) is 0 Å². The van der Waals surface area contributed by atoms with Gasteiger partial charge in [0, 0.05) is 12.2 Å². The van der Waals surface area contributed by atoms with Gasteiger partial charge in [0.15, 0.2) is 0 Å². The largest absolute Gasteiger partial charge is 0.496 e. The summed E-state index contributed by atoms with van der Waals surface area (Å²) in [5, 5.41) is 13.1. The second-order valence-corrected chi connectivity index (χ2v) is 4.84. The molecule has 0 fully saturated rings. The number of aliphatic hydroxyl groups excluding tert-OH is 1. The Morgan fingerprint density at radius 2 is 1.90 bits per heavy atom. The molecule has 0 aliphatic heterocycles. The number of para-hydroxylation sites is 1. The summed E-state index contributed by atoms with van der Waals surface area (Å²) in [6.45, 7) is 2.67. The van der Waals surface area contributed by atoms with Gasteiger partial charge in [-0.25, -0.2) is 0 Å². The van der Waals surface area contributed by atoms with Gasteiger partial charge in [-0.15, -0.1) is 0 Å². The van der Waals surface area contributed by atoms with Gasteiger partial charge in [0.2, 0.25) is 0 Å². The lowest BCUT2D eigenvalue weighted by Crippen LogP contribution is -2.26. The molecule has 0 saturated heterocycles. The number of methoxy groups -OCH3 is 1. The summed E-state index contributed by atoms with van der Waals surface area (Å²) in [7, 11) is 1.65. The van der Waals surface area contributed by atoms with E-state index in [-0.39, 0.29) is 6.61 Å². The van der Waals surface area contributed by atoms with Gasteiger partial charge in [0.1, 0.15) is 24.2 Å². The van der Waals surface area contributed by atoms with Gasteiger partial charge in [0.25, 0.3) is 0 Å². The predicted octanol–water partition coefficient (Wildman–Crippen LogP) is 2.86. The van der Waals surface area contributed by atoms with Crippen molar-refractivity contribution in [1.29, 1.82) is 0 Å². The van der Waals surface area contributed by atoms with E-state index < -0.39 is 6.10 Å². The summed E-state index contributed by atoms with van der Waals surface area (Å²) in [5.41, 5.74) is 2.00. The van der Waals surface area contributed by atoms with Crippen molar-refractivity contribution in [2.45, 2.75) is 13.0 Å². The Hall–Kier alpha value is -2.20. The highest BCUT2D eigenvalue weighted by Crippen LogP contribution is 2.21. The molecule has 2 aromatic rings. The smallest absolute Gasteiger partial charge is 0.121 e. The van der Waals surface area contributed by atoms with Gasteiger partial charge >= 0.3 is 0 Å². The molecule has 1 unspecified atom stereocenters. The number of hydrogen-bond donors (Lipinski definition) is 2. The third-order valence-corrected chi connectivity index (χ3v) is 3.12. The molecule has 2 N–H and O–H groups in total. The van der Waals surface area contributed by atoms with Gasteiger partial charge in [-0.1, -0.05) is 18.2 Å². The Morgan fingerprint density at radius 1 is 1.14 bits per heavy atom. The summed E-state index contributed by atoms with van der Waals surface area (Å²) in [5.74, 6) is 1.62. The number of aliphatic hydroxyl groups is 1. The minimum absolute atomic E-state index is 0.256. The third kappa shape index (κ3) is 4.68. The van der Waals surface area contributed by atoms with Crippen LogP contribution in [0.5, 0.6) is 11.5 Å². The molecule has 0 aliphatic rings. The van der Waals surface area contributed by atoms with E-state index in [1.165, 1.54) is 0 Å². The van der Waals surface area contributed by atoms with Crippen molar-refractivity contribution in [2.24, 2.45) is 0 Å². The lowest BCUT2D eigenvalue weighted by molar-refractivity contribution is 0.117. The zero-order valence-electron chi connectivity index (χ0n) is 12.4. The van der Waals surface area contributed by atoms with E-state index in [0.717, 1.165) is 22.7 Å². The van der Waals surface area contributed by atoms with E-state index in [9.17, 15) is 5.11 Å². The van der Waals surface area contributed by atoms with Gasteiger partial charge in [-0.3, -0.25) is 0 Å². The lowest BCUT2D eigenvalue weighted by atomic mass is 10.2. The van der Waals surface area contributed by atoms with Crippen molar-refractivity contribution in [1.82, 2.24) is 0 Å². The first-order valence-electron chi connectivity index (χ1n) is 6.93. The summed E-state index contributed by atoms with van der Waals surface area (Å²) >= 11 is 0. The minimum Gasteiger partial charge on any atom is -0.496 e. The average molecular weight is 287 g/mol. The second-order valence-electron chi connectivity index (χ2n) is 4.84. The standard InChI is InChI=1S/C17H21NO3/c1-13-10-14(8-9-17(13)20-2)18-11-15(19)12-21-16-6-4-3-5-7-16/h3-10,15,18-19H,11-12H2,1-2H3. The van der Waals surface area contributed by atoms with Crippen molar-refractivity contribution in [3.8, 4) is 11.5 Å². The highest BCUT2D eigenvalue weighted by molar-refractivity contribution is 5.50. The summed E-state index contributed by atoms with van der Waals surface area (Å²) < 4.78 is 10.7. The van der Waals surface area contributed by atoms with Gasteiger partial charge in [0.05, 0.1) is 7.11 Å². The highest BCUT2D eigenvalue weighted by Gasteiger charge is 2.06. The van der Waals surface area contributed by atoms with Crippen LogP contribution in [0.15, 0.2) is 48.5 Å². The Morgan fingerprint density at radius 3 is 2.57 bits per heavy atom. The number of rotatable bonds is 7. The van der Waals surface area contributed by atoms with Crippen LogP contribution in [0.3, 0.4) is 0 Å².